The van der Waals surface area contributed by atoms with Crippen LogP contribution in [0.4, 0.5) is 0 Å². The number of phosphoric ester groups is 1. The molecular weight excluding hydrogens is 1010 g/mol. The van der Waals surface area contributed by atoms with E-state index < -0.39 is 26.6 Å². The number of likely N-dealkylation sites (N-methyl/N-ethyl adjacent to an activating group) is 1. The van der Waals surface area contributed by atoms with Gasteiger partial charge in [0.15, 0.2) is 0 Å². The van der Waals surface area contributed by atoms with Gasteiger partial charge in [-0.2, -0.15) is 0 Å². The maximum absolute atomic E-state index is 13.5. The monoisotopic (exact) mass is 1140 g/mol. The van der Waals surface area contributed by atoms with Gasteiger partial charge < -0.3 is 28.5 Å². The number of nitrogens with one attached hydrogen (secondary N) is 1. The molecule has 10 heteroatoms. The van der Waals surface area contributed by atoms with Crippen LogP contribution >= 0.6 is 7.82 Å². The van der Waals surface area contributed by atoms with E-state index in [0.29, 0.717) is 17.4 Å². The van der Waals surface area contributed by atoms with Gasteiger partial charge in [-0.25, -0.2) is 0 Å². The second-order valence-electron chi connectivity index (χ2n) is 23.2. The molecule has 0 spiro atoms. The van der Waals surface area contributed by atoms with Gasteiger partial charge >= 0.3 is 5.97 Å². The summed E-state index contributed by atoms with van der Waals surface area (Å²) in [5, 5.41) is 3.01. The number of ether oxygens (including phenoxy) is 1. The van der Waals surface area contributed by atoms with Gasteiger partial charge in [0.1, 0.15) is 19.3 Å². The maximum Gasteiger partial charge on any atom is 0.306 e. The molecule has 0 bridgehead atoms. The van der Waals surface area contributed by atoms with Gasteiger partial charge in [0.05, 0.1) is 33.8 Å². The third-order valence-corrected chi connectivity index (χ3v) is 15.2. The molecule has 0 aliphatic rings. The van der Waals surface area contributed by atoms with Gasteiger partial charge in [-0.3, -0.25) is 14.2 Å². The van der Waals surface area contributed by atoms with Crippen LogP contribution in [0.25, 0.3) is 0 Å². The molecule has 462 valence electrons. The molecule has 0 heterocycles. The highest BCUT2D eigenvalue weighted by atomic mass is 31.2. The van der Waals surface area contributed by atoms with Crippen molar-refractivity contribution in [2.75, 3.05) is 40.9 Å². The molecule has 3 atom stereocenters. The molecule has 0 fully saturated rings. The first-order valence-electron chi connectivity index (χ1n) is 33.0. The molecule has 0 aromatic rings. The van der Waals surface area contributed by atoms with Gasteiger partial charge in [-0.05, 0) is 109 Å². The average molecular weight is 1140 g/mol. The van der Waals surface area contributed by atoms with Gasteiger partial charge in [0.25, 0.3) is 7.82 Å². The number of rotatable bonds is 59. The second-order valence-corrected chi connectivity index (χ2v) is 24.6. The predicted octanol–water partition coefficient (Wildman–Crippen LogP) is 20.1. The Balaban J connectivity index is 5.19. The zero-order valence-corrected chi connectivity index (χ0v) is 53.7. The fourth-order valence-corrected chi connectivity index (χ4v) is 9.89. The van der Waals surface area contributed by atoms with Crippen LogP contribution in [0, 0.1) is 0 Å². The molecule has 0 aliphatic heterocycles. The largest absolute Gasteiger partial charge is 0.756 e. The molecule has 0 aromatic carbocycles. The molecule has 1 N–H and O–H groups in total. The Hall–Kier alpha value is -3.07. The third kappa shape index (κ3) is 59.5. The van der Waals surface area contributed by atoms with Crippen molar-refractivity contribution >= 4 is 19.7 Å². The molecule has 0 radical (unpaired) electrons. The minimum absolute atomic E-state index is 0.0327. The van der Waals surface area contributed by atoms with E-state index in [0.717, 1.165) is 96.3 Å². The summed E-state index contributed by atoms with van der Waals surface area (Å²) in [5.74, 6) is -0.579. The maximum atomic E-state index is 13.5. The Morgan fingerprint density at radius 1 is 0.450 bits per heavy atom. The summed E-state index contributed by atoms with van der Waals surface area (Å²) in [5.41, 5.74) is 0. The average Bonchev–Trinajstić information content (AvgIpc) is 3.42. The number of unbranched alkanes of at least 4 members (excludes halogenated alkanes) is 29. The van der Waals surface area contributed by atoms with Crippen LogP contribution in [0.1, 0.15) is 284 Å². The van der Waals surface area contributed by atoms with Crippen molar-refractivity contribution in [2.45, 2.75) is 296 Å². The fraction of sp³-hybridized carbons (Fsp3) is 0.743. The number of carbonyl (C=O) groups is 2. The number of amides is 1. The first-order chi connectivity index (χ1) is 38.9. The predicted molar refractivity (Wildman–Crippen MR) is 344 cm³/mol. The number of quaternary nitrogens is 1. The van der Waals surface area contributed by atoms with Crippen molar-refractivity contribution in [1.82, 2.24) is 5.32 Å². The highest BCUT2D eigenvalue weighted by Gasteiger charge is 2.27. The minimum atomic E-state index is -4.72. The minimum Gasteiger partial charge on any atom is -0.756 e. The Kier molecular flexibility index (Phi) is 56.8. The Bertz CT molecular complexity index is 1690. The topological polar surface area (TPSA) is 114 Å². The van der Waals surface area contributed by atoms with E-state index in [1.165, 1.54) is 148 Å². The molecular formula is C70H125N2O7P. The Labute approximate surface area is 494 Å². The molecule has 0 saturated heterocycles. The van der Waals surface area contributed by atoms with Crippen molar-refractivity contribution in [3.63, 3.8) is 0 Å². The van der Waals surface area contributed by atoms with Crippen molar-refractivity contribution in [3.05, 3.63) is 97.2 Å². The van der Waals surface area contributed by atoms with E-state index in [2.05, 4.69) is 111 Å². The molecule has 0 saturated carbocycles. The number of nitrogens with zero attached hydrogens (tertiary/aromatic N) is 1. The smallest absolute Gasteiger partial charge is 0.306 e. The van der Waals surface area contributed by atoms with Gasteiger partial charge in [0.2, 0.25) is 5.91 Å². The molecule has 0 rings (SSSR count). The summed E-state index contributed by atoms with van der Waals surface area (Å²) < 4.78 is 30.4. The van der Waals surface area contributed by atoms with Gasteiger partial charge in [0, 0.05) is 12.8 Å². The summed E-state index contributed by atoms with van der Waals surface area (Å²) in [6, 6.07) is -0.911. The quantitative estimate of drug-likeness (QED) is 0.0212. The number of hydrogen-bond donors (Lipinski definition) is 1. The van der Waals surface area contributed by atoms with Crippen LogP contribution in [-0.2, 0) is 27.9 Å². The standard InChI is InChI=1S/C70H125N2O7P/c1-7-10-13-16-19-22-25-28-30-32-33-34-35-36-37-38-39-40-42-45-48-51-54-57-60-63-70(74)79-68(61-58-55-52-49-46-43-27-24-21-18-15-12-9-3)67(66-78-80(75,76)77-65-64-72(4,5)6)71-69(73)62-59-56-53-50-47-44-41-31-29-26-23-20-17-14-11-8-2/h11,14,19-20,22-23,28-31,33-34,44,47,58,61,67-68H,7-10,12-13,15-18,21,24-27,32,35-43,45-46,48-57,59-60,62-66H2,1-6H3,(H-,71,73,75,76)/b14-11+,22-19-,23-20+,30-28-,31-29+,34-33-,47-44+,61-58-. The Morgan fingerprint density at radius 2 is 0.800 bits per heavy atom. The van der Waals surface area contributed by atoms with E-state index in [1.807, 2.05) is 33.3 Å². The van der Waals surface area contributed by atoms with Crippen molar-refractivity contribution in [2.24, 2.45) is 0 Å². The highest BCUT2D eigenvalue weighted by Crippen LogP contribution is 2.38. The zero-order chi connectivity index (χ0) is 58.6. The lowest BCUT2D eigenvalue weighted by Gasteiger charge is -2.30. The summed E-state index contributed by atoms with van der Waals surface area (Å²) in [4.78, 5) is 40.1. The van der Waals surface area contributed by atoms with Crippen LogP contribution in [0.5, 0.6) is 0 Å². The molecule has 80 heavy (non-hydrogen) atoms. The van der Waals surface area contributed by atoms with Crippen molar-refractivity contribution in [3.8, 4) is 0 Å². The first kappa shape index (κ1) is 76.9. The summed E-state index contributed by atoms with van der Waals surface area (Å²) in [7, 11) is 1.15. The van der Waals surface area contributed by atoms with E-state index >= 15 is 0 Å². The number of esters is 1. The van der Waals surface area contributed by atoms with Crippen LogP contribution in [0.2, 0.25) is 0 Å². The number of hydrogen-bond acceptors (Lipinski definition) is 7. The lowest BCUT2D eigenvalue weighted by Crippen LogP contribution is -2.47. The molecule has 0 aliphatic carbocycles. The van der Waals surface area contributed by atoms with Crippen molar-refractivity contribution < 1.29 is 37.3 Å². The SMILES string of the molecule is CC/C=C/C/C=C/C/C=C/C/C=C/CCCCCC(=O)NC(COP(=O)([O-])OCC[N+](C)(C)C)C(/C=C\CCCCCCCCCCCCC)OC(=O)CCCCCCCCCCCCCC/C=C\C/C=C\C/C=C\CCCCC. The van der Waals surface area contributed by atoms with Crippen LogP contribution in [0.15, 0.2) is 97.2 Å². The molecule has 3 unspecified atom stereocenters. The van der Waals surface area contributed by atoms with Crippen LogP contribution in [-0.4, -0.2) is 69.4 Å². The van der Waals surface area contributed by atoms with E-state index in [-0.39, 0.29) is 31.3 Å². The van der Waals surface area contributed by atoms with E-state index in [1.54, 1.807) is 0 Å². The fourth-order valence-electron chi connectivity index (χ4n) is 9.17. The molecule has 9 nitrogen and oxygen atoms in total. The first-order valence-corrected chi connectivity index (χ1v) is 34.5. The summed E-state index contributed by atoms with van der Waals surface area (Å²) >= 11 is 0. The highest BCUT2D eigenvalue weighted by molar-refractivity contribution is 7.45. The van der Waals surface area contributed by atoms with E-state index in [9.17, 15) is 19.0 Å². The summed E-state index contributed by atoms with van der Waals surface area (Å²) in [6.45, 7) is 6.68. The van der Waals surface area contributed by atoms with Gasteiger partial charge in [-0.1, -0.05) is 260 Å². The lowest BCUT2D eigenvalue weighted by atomic mass is 10.0. The number of allylic oxidation sites excluding steroid dienone is 15. The van der Waals surface area contributed by atoms with Crippen LogP contribution < -0.4 is 10.2 Å². The third-order valence-electron chi connectivity index (χ3n) is 14.2. The molecule has 0 aromatic heterocycles. The normalized spacial score (nSPS) is 14.2. The van der Waals surface area contributed by atoms with Gasteiger partial charge in [-0.15, -0.1) is 0 Å². The molecule has 1 amide bonds. The van der Waals surface area contributed by atoms with E-state index in [4.69, 9.17) is 13.8 Å². The number of carbonyl (C=O) groups excluding carboxylic acids is 2. The van der Waals surface area contributed by atoms with Crippen molar-refractivity contribution in [1.29, 1.82) is 0 Å². The summed E-state index contributed by atoms with van der Waals surface area (Å²) in [6.07, 6.45) is 79.5. The van der Waals surface area contributed by atoms with Crippen LogP contribution in [0.3, 0.4) is 0 Å². The zero-order valence-electron chi connectivity index (χ0n) is 52.8. The lowest BCUT2D eigenvalue weighted by molar-refractivity contribution is -0.870. The Morgan fingerprint density at radius 3 is 1.24 bits per heavy atom. The number of phosphoric acid groups is 1. The second kappa shape index (κ2) is 59.1.